The number of carbonyl (C=O) groups excluding carboxylic acids is 1. The lowest BCUT2D eigenvalue weighted by Gasteiger charge is -2.35. The molecular formula is C24H30BrN3O2. The molecule has 0 saturated carbocycles. The number of hydrogen-bond acceptors (Lipinski definition) is 3. The lowest BCUT2D eigenvalue weighted by Crippen LogP contribution is -2.49. The van der Waals surface area contributed by atoms with E-state index in [9.17, 15) is 4.79 Å². The van der Waals surface area contributed by atoms with E-state index in [1.165, 1.54) is 18.4 Å². The Morgan fingerprint density at radius 2 is 1.97 bits per heavy atom. The molecule has 2 aromatic carbocycles. The second-order valence-corrected chi connectivity index (χ2v) is 9.19. The van der Waals surface area contributed by atoms with Crippen LogP contribution in [0.5, 0.6) is 0 Å². The maximum atomic E-state index is 12.8. The molecule has 5 nitrogen and oxygen atoms in total. The molecule has 0 radical (unpaired) electrons. The Bertz CT molecular complexity index is 832. The van der Waals surface area contributed by atoms with E-state index < -0.39 is 0 Å². The zero-order valence-electron chi connectivity index (χ0n) is 17.3. The third-order valence-electron chi connectivity index (χ3n) is 5.97. The van der Waals surface area contributed by atoms with Gasteiger partial charge in [-0.05, 0) is 48.6 Å². The normalized spacial score (nSPS) is 22.6. The van der Waals surface area contributed by atoms with Crippen LogP contribution in [0.2, 0.25) is 0 Å². The lowest BCUT2D eigenvalue weighted by atomic mass is 9.97. The molecule has 6 heteroatoms. The number of likely N-dealkylation sites (tertiary alicyclic amines) is 1. The van der Waals surface area contributed by atoms with E-state index in [2.05, 4.69) is 68.6 Å². The number of morpholine rings is 1. The van der Waals surface area contributed by atoms with Crippen molar-refractivity contribution in [2.45, 2.75) is 25.5 Å². The van der Waals surface area contributed by atoms with Crippen LogP contribution < -0.4 is 5.32 Å². The Balaban J connectivity index is 1.25. The molecule has 2 fully saturated rings. The van der Waals surface area contributed by atoms with Gasteiger partial charge in [-0.2, -0.15) is 0 Å². The molecule has 0 bridgehead atoms. The summed E-state index contributed by atoms with van der Waals surface area (Å²) in [6.45, 7) is 5.70. The van der Waals surface area contributed by atoms with Crippen molar-refractivity contribution in [3.05, 3.63) is 70.2 Å². The molecule has 2 atom stereocenters. The van der Waals surface area contributed by atoms with Crippen molar-refractivity contribution in [3.63, 3.8) is 0 Å². The van der Waals surface area contributed by atoms with Crippen LogP contribution in [0.15, 0.2) is 59.1 Å². The van der Waals surface area contributed by atoms with Crippen molar-refractivity contribution >= 4 is 22.0 Å². The quantitative estimate of drug-likeness (QED) is 0.700. The van der Waals surface area contributed by atoms with E-state index in [4.69, 9.17) is 4.74 Å². The van der Waals surface area contributed by atoms with Gasteiger partial charge in [-0.1, -0.05) is 58.4 Å². The monoisotopic (exact) mass is 471 g/mol. The zero-order valence-corrected chi connectivity index (χ0v) is 18.9. The van der Waals surface area contributed by atoms with Gasteiger partial charge in [0.25, 0.3) is 0 Å². The number of nitrogens with zero attached hydrogens (tertiary/aromatic N) is 2. The van der Waals surface area contributed by atoms with Gasteiger partial charge in [0.2, 0.25) is 0 Å². The van der Waals surface area contributed by atoms with Gasteiger partial charge in [0, 0.05) is 30.7 Å². The molecule has 1 N–H and O–H groups in total. The van der Waals surface area contributed by atoms with E-state index in [0.29, 0.717) is 25.6 Å². The highest BCUT2D eigenvalue weighted by Gasteiger charge is 2.27. The van der Waals surface area contributed by atoms with Crippen LogP contribution in [0.3, 0.4) is 0 Å². The standard InChI is InChI=1S/C24H30BrN3O2/c25-22-10-4-9-21(14-22)23-18-28(12-13-30-23)24(29)26-15-20-8-5-11-27(17-20)16-19-6-2-1-3-7-19/h1-4,6-7,9-10,14,20,23H,5,8,11-13,15-18H2,(H,26,29). The number of rotatable bonds is 5. The van der Waals surface area contributed by atoms with Gasteiger partial charge in [0.15, 0.2) is 0 Å². The van der Waals surface area contributed by atoms with E-state index in [0.717, 1.165) is 36.2 Å². The Morgan fingerprint density at radius 3 is 2.80 bits per heavy atom. The fourth-order valence-electron chi connectivity index (χ4n) is 4.39. The first-order valence-corrected chi connectivity index (χ1v) is 11.6. The minimum absolute atomic E-state index is 0.0264. The number of piperidine rings is 1. The van der Waals surface area contributed by atoms with Crippen molar-refractivity contribution in [1.29, 1.82) is 0 Å². The molecule has 2 aromatic rings. The third kappa shape index (κ3) is 5.84. The molecule has 0 aliphatic carbocycles. The second kappa shape index (κ2) is 10.4. The maximum absolute atomic E-state index is 12.8. The predicted octanol–water partition coefficient (Wildman–Crippen LogP) is 4.44. The molecule has 2 aliphatic rings. The van der Waals surface area contributed by atoms with Gasteiger partial charge in [-0.25, -0.2) is 4.79 Å². The van der Waals surface area contributed by atoms with E-state index >= 15 is 0 Å². The van der Waals surface area contributed by atoms with Crippen LogP contribution in [0.1, 0.15) is 30.1 Å². The molecule has 2 amide bonds. The third-order valence-corrected chi connectivity index (χ3v) is 6.46. The molecular weight excluding hydrogens is 442 g/mol. The molecule has 2 aliphatic heterocycles. The van der Waals surface area contributed by atoms with Crippen LogP contribution in [-0.4, -0.2) is 55.2 Å². The van der Waals surface area contributed by atoms with E-state index in [-0.39, 0.29) is 12.1 Å². The number of nitrogens with one attached hydrogen (secondary N) is 1. The summed E-state index contributed by atoms with van der Waals surface area (Å²) in [4.78, 5) is 17.2. The fourth-order valence-corrected chi connectivity index (χ4v) is 4.81. The summed E-state index contributed by atoms with van der Waals surface area (Å²) in [5.74, 6) is 0.508. The van der Waals surface area contributed by atoms with Crippen molar-refractivity contribution in [3.8, 4) is 0 Å². The van der Waals surface area contributed by atoms with Gasteiger partial charge >= 0.3 is 6.03 Å². The lowest BCUT2D eigenvalue weighted by molar-refractivity contribution is -0.0156. The highest BCUT2D eigenvalue weighted by Crippen LogP contribution is 2.25. The highest BCUT2D eigenvalue weighted by atomic mass is 79.9. The summed E-state index contributed by atoms with van der Waals surface area (Å²) in [7, 11) is 0. The van der Waals surface area contributed by atoms with Gasteiger partial charge < -0.3 is 15.0 Å². The van der Waals surface area contributed by atoms with Gasteiger partial charge in [-0.3, -0.25) is 4.90 Å². The molecule has 2 heterocycles. The Morgan fingerprint density at radius 1 is 1.10 bits per heavy atom. The molecule has 2 saturated heterocycles. The Kier molecular flexibility index (Phi) is 7.42. The summed E-state index contributed by atoms with van der Waals surface area (Å²) in [6.07, 6.45) is 2.30. The summed E-state index contributed by atoms with van der Waals surface area (Å²) in [6, 6.07) is 18.8. The number of urea groups is 1. The first-order chi connectivity index (χ1) is 14.7. The predicted molar refractivity (Wildman–Crippen MR) is 122 cm³/mol. The zero-order chi connectivity index (χ0) is 20.8. The minimum Gasteiger partial charge on any atom is -0.370 e. The first-order valence-electron chi connectivity index (χ1n) is 10.8. The molecule has 2 unspecified atom stereocenters. The van der Waals surface area contributed by atoms with Crippen LogP contribution in [0.25, 0.3) is 0 Å². The topological polar surface area (TPSA) is 44.8 Å². The van der Waals surface area contributed by atoms with Crippen molar-refractivity contribution in [1.82, 2.24) is 15.1 Å². The van der Waals surface area contributed by atoms with Gasteiger partial charge in [-0.15, -0.1) is 0 Å². The molecule has 0 spiro atoms. The number of halogens is 1. The van der Waals surface area contributed by atoms with Crippen LogP contribution in [0.4, 0.5) is 4.79 Å². The number of carbonyl (C=O) groups is 1. The van der Waals surface area contributed by atoms with Crippen LogP contribution in [-0.2, 0) is 11.3 Å². The fraction of sp³-hybridized carbons (Fsp3) is 0.458. The van der Waals surface area contributed by atoms with E-state index in [1.54, 1.807) is 0 Å². The van der Waals surface area contributed by atoms with Gasteiger partial charge in [0.1, 0.15) is 6.10 Å². The Labute approximate surface area is 187 Å². The van der Waals surface area contributed by atoms with Crippen molar-refractivity contribution < 1.29 is 9.53 Å². The summed E-state index contributed by atoms with van der Waals surface area (Å²) >= 11 is 3.51. The van der Waals surface area contributed by atoms with E-state index in [1.807, 2.05) is 17.0 Å². The highest BCUT2D eigenvalue weighted by molar-refractivity contribution is 9.10. The number of amides is 2. The summed E-state index contributed by atoms with van der Waals surface area (Å²) < 4.78 is 6.95. The summed E-state index contributed by atoms with van der Waals surface area (Å²) in [5, 5.41) is 3.19. The average molecular weight is 472 g/mol. The smallest absolute Gasteiger partial charge is 0.317 e. The summed E-state index contributed by atoms with van der Waals surface area (Å²) in [5.41, 5.74) is 2.46. The molecule has 4 rings (SSSR count). The first kappa shape index (κ1) is 21.3. The minimum atomic E-state index is -0.0713. The largest absolute Gasteiger partial charge is 0.370 e. The van der Waals surface area contributed by atoms with Gasteiger partial charge in [0.05, 0.1) is 13.2 Å². The SMILES string of the molecule is O=C(NCC1CCCN(Cc2ccccc2)C1)N1CCOC(c2cccc(Br)c2)C1. The van der Waals surface area contributed by atoms with Crippen LogP contribution in [0, 0.1) is 5.92 Å². The van der Waals surface area contributed by atoms with Crippen LogP contribution >= 0.6 is 15.9 Å². The molecule has 160 valence electrons. The number of benzene rings is 2. The van der Waals surface area contributed by atoms with Crippen molar-refractivity contribution in [2.75, 3.05) is 39.3 Å². The molecule has 30 heavy (non-hydrogen) atoms. The Hall–Kier alpha value is -1.89. The molecule has 0 aromatic heterocycles. The number of hydrogen-bond donors (Lipinski definition) is 1. The maximum Gasteiger partial charge on any atom is 0.317 e. The number of ether oxygens (including phenoxy) is 1. The second-order valence-electron chi connectivity index (χ2n) is 8.28. The average Bonchev–Trinajstić information content (AvgIpc) is 2.78. The van der Waals surface area contributed by atoms with Crippen molar-refractivity contribution in [2.24, 2.45) is 5.92 Å².